The zero-order valence-corrected chi connectivity index (χ0v) is 21.7. The SMILES string of the molecule is CC(C)C(=O)O[C@@H]1[C@H](C)C(=O)C(=O)[C@@H](NCc2cc(Cl)ccc2O)CC(=O)C(=O)[C@@H]1Cc1ccccc1. The molecule has 2 N–H and O–H groups in total. The number of ether oxygens (including phenoxy) is 1. The monoisotopic (exact) mass is 527 g/mol. The van der Waals surface area contributed by atoms with Gasteiger partial charge in [-0.05, 0) is 30.2 Å². The predicted molar refractivity (Wildman–Crippen MR) is 136 cm³/mol. The molecule has 2 aromatic carbocycles. The molecule has 8 nitrogen and oxygen atoms in total. The number of carbonyl (C=O) groups excluding carboxylic acids is 5. The first-order valence-electron chi connectivity index (χ1n) is 12.1. The highest BCUT2D eigenvalue weighted by Gasteiger charge is 2.46. The summed E-state index contributed by atoms with van der Waals surface area (Å²) in [7, 11) is 0. The minimum atomic E-state index is -1.30. The number of nitrogens with one attached hydrogen (secondary N) is 1. The second kappa shape index (κ2) is 12.3. The van der Waals surface area contributed by atoms with Gasteiger partial charge in [-0.15, -0.1) is 0 Å². The average Bonchev–Trinajstić information content (AvgIpc) is 2.89. The summed E-state index contributed by atoms with van der Waals surface area (Å²) in [5.41, 5.74) is 1.07. The number of hydrogen-bond donors (Lipinski definition) is 2. The number of carbonyl (C=O) groups is 5. The maximum atomic E-state index is 13.4. The van der Waals surface area contributed by atoms with Gasteiger partial charge in [0.2, 0.25) is 23.1 Å². The lowest BCUT2D eigenvalue weighted by Crippen LogP contribution is -2.46. The van der Waals surface area contributed by atoms with Crippen LogP contribution in [-0.4, -0.2) is 46.4 Å². The summed E-state index contributed by atoms with van der Waals surface area (Å²) in [6.45, 7) is 4.57. The van der Waals surface area contributed by atoms with Crippen LogP contribution in [0.5, 0.6) is 5.75 Å². The van der Waals surface area contributed by atoms with Crippen molar-refractivity contribution in [2.45, 2.75) is 52.3 Å². The maximum Gasteiger partial charge on any atom is 0.308 e. The highest BCUT2D eigenvalue weighted by molar-refractivity contribution is 6.44. The highest BCUT2D eigenvalue weighted by Crippen LogP contribution is 2.28. The number of halogens is 1. The number of phenolic OH excluding ortho intramolecular Hbond substituents is 1. The molecule has 0 aromatic heterocycles. The Bertz CT molecular complexity index is 1190. The first kappa shape index (κ1) is 28.2. The van der Waals surface area contributed by atoms with Gasteiger partial charge in [-0.2, -0.15) is 0 Å². The first-order valence-corrected chi connectivity index (χ1v) is 12.5. The smallest absolute Gasteiger partial charge is 0.308 e. The van der Waals surface area contributed by atoms with Crippen LogP contribution in [0.1, 0.15) is 38.3 Å². The molecule has 4 atom stereocenters. The van der Waals surface area contributed by atoms with Crippen LogP contribution in [0.25, 0.3) is 0 Å². The minimum Gasteiger partial charge on any atom is -0.508 e. The minimum absolute atomic E-state index is 0.0573. The second-order valence-corrected chi connectivity index (χ2v) is 10.0. The normalized spacial score (nSPS) is 22.9. The summed E-state index contributed by atoms with van der Waals surface area (Å²) in [4.78, 5) is 65.6. The molecule has 0 aliphatic heterocycles. The van der Waals surface area contributed by atoms with Gasteiger partial charge in [0, 0.05) is 23.6 Å². The van der Waals surface area contributed by atoms with Gasteiger partial charge in [0.1, 0.15) is 11.9 Å². The van der Waals surface area contributed by atoms with Crippen LogP contribution in [0, 0.1) is 17.8 Å². The topological polar surface area (TPSA) is 127 Å². The van der Waals surface area contributed by atoms with Gasteiger partial charge < -0.3 is 15.2 Å². The Kier molecular flexibility index (Phi) is 9.34. The van der Waals surface area contributed by atoms with Crippen LogP contribution in [0.2, 0.25) is 5.02 Å². The Hall–Kier alpha value is -3.36. The predicted octanol–water partition coefficient (Wildman–Crippen LogP) is 3.25. The van der Waals surface area contributed by atoms with Gasteiger partial charge in [0.05, 0.1) is 23.8 Å². The van der Waals surface area contributed by atoms with Crippen LogP contribution in [0.4, 0.5) is 0 Å². The Balaban J connectivity index is 1.96. The van der Waals surface area contributed by atoms with Crippen molar-refractivity contribution in [1.82, 2.24) is 5.32 Å². The highest BCUT2D eigenvalue weighted by atomic mass is 35.5. The molecule has 1 aliphatic rings. The van der Waals surface area contributed by atoms with Gasteiger partial charge >= 0.3 is 5.97 Å². The number of hydrogen-bond acceptors (Lipinski definition) is 8. The van der Waals surface area contributed by atoms with Crippen molar-refractivity contribution in [2.24, 2.45) is 17.8 Å². The summed E-state index contributed by atoms with van der Waals surface area (Å²) in [6, 6.07) is 11.9. The Morgan fingerprint density at radius 1 is 1.05 bits per heavy atom. The van der Waals surface area contributed by atoms with Crippen molar-refractivity contribution in [3.05, 3.63) is 64.7 Å². The average molecular weight is 528 g/mol. The number of esters is 1. The number of benzene rings is 2. The molecule has 1 aliphatic carbocycles. The van der Waals surface area contributed by atoms with E-state index in [1.165, 1.54) is 25.1 Å². The lowest BCUT2D eigenvalue weighted by molar-refractivity contribution is -0.163. The van der Waals surface area contributed by atoms with Crippen LogP contribution >= 0.6 is 11.6 Å². The Morgan fingerprint density at radius 2 is 1.73 bits per heavy atom. The number of phenols is 1. The van der Waals surface area contributed by atoms with E-state index in [1.807, 2.05) is 0 Å². The first-order chi connectivity index (χ1) is 17.5. The second-order valence-electron chi connectivity index (χ2n) is 9.57. The summed E-state index contributed by atoms with van der Waals surface area (Å²) in [6.07, 6.45) is -1.78. The third kappa shape index (κ3) is 6.90. The van der Waals surface area contributed by atoms with Crippen LogP contribution in [-0.2, 0) is 41.7 Å². The fourth-order valence-electron chi connectivity index (χ4n) is 4.25. The zero-order chi connectivity index (χ0) is 27.3. The molecule has 0 radical (unpaired) electrons. The fraction of sp³-hybridized carbons (Fsp3) is 0.393. The summed E-state index contributed by atoms with van der Waals surface area (Å²) in [5.74, 6) is -6.99. The molecule has 0 heterocycles. The van der Waals surface area contributed by atoms with Gasteiger partial charge in [-0.1, -0.05) is 62.7 Å². The van der Waals surface area contributed by atoms with Crippen LogP contribution < -0.4 is 5.32 Å². The molecule has 0 saturated heterocycles. The van der Waals surface area contributed by atoms with Gasteiger partial charge in [-0.3, -0.25) is 24.0 Å². The van der Waals surface area contributed by atoms with E-state index in [1.54, 1.807) is 44.2 Å². The van der Waals surface area contributed by atoms with E-state index in [9.17, 15) is 29.1 Å². The molecule has 0 amide bonds. The summed E-state index contributed by atoms with van der Waals surface area (Å²) >= 11 is 5.98. The van der Waals surface area contributed by atoms with E-state index in [2.05, 4.69) is 5.32 Å². The molecular formula is C28H30ClNO7. The van der Waals surface area contributed by atoms with E-state index in [4.69, 9.17) is 16.3 Å². The fourth-order valence-corrected chi connectivity index (χ4v) is 4.45. The standard InChI is InChI=1S/C28H30ClNO7/c1-15(2)28(36)37-27-16(3)24(33)26(35)21(30-14-18-12-19(29)9-10-22(18)31)13-23(32)25(34)20(27)11-17-7-5-4-6-8-17/h4-10,12,15-16,20-21,27,30-31H,11,13-14H2,1-3H3/t16-,20+,21+,27-/m1/s1. The molecule has 3 rings (SSSR count). The Morgan fingerprint density at radius 3 is 2.38 bits per heavy atom. The van der Waals surface area contributed by atoms with E-state index < -0.39 is 65.4 Å². The van der Waals surface area contributed by atoms with E-state index in [0.717, 1.165) is 5.56 Å². The van der Waals surface area contributed by atoms with Crippen molar-refractivity contribution in [3.63, 3.8) is 0 Å². The molecule has 1 saturated carbocycles. The molecule has 9 heteroatoms. The van der Waals surface area contributed by atoms with Crippen molar-refractivity contribution < 1.29 is 33.8 Å². The Labute approximate surface area is 220 Å². The largest absolute Gasteiger partial charge is 0.508 e. The molecule has 0 unspecified atom stereocenters. The van der Waals surface area contributed by atoms with Crippen molar-refractivity contribution >= 4 is 40.7 Å². The third-order valence-corrected chi connectivity index (χ3v) is 6.70. The summed E-state index contributed by atoms with van der Waals surface area (Å²) in [5, 5.41) is 13.3. The zero-order valence-electron chi connectivity index (χ0n) is 20.9. The molecule has 2 aromatic rings. The van der Waals surface area contributed by atoms with Crippen molar-refractivity contribution in [2.75, 3.05) is 0 Å². The molecule has 0 bridgehead atoms. The number of aromatic hydroxyl groups is 1. The van der Waals surface area contributed by atoms with Crippen LogP contribution in [0.3, 0.4) is 0 Å². The van der Waals surface area contributed by atoms with Gasteiger partial charge in [0.15, 0.2) is 0 Å². The molecule has 196 valence electrons. The van der Waals surface area contributed by atoms with Crippen molar-refractivity contribution in [1.29, 1.82) is 0 Å². The summed E-state index contributed by atoms with van der Waals surface area (Å²) < 4.78 is 5.62. The quantitative estimate of drug-likeness (QED) is 0.415. The molecule has 0 spiro atoms. The molecular weight excluding hydrogens is 498 g/mol. The lowest BCUT2D eigenvalue weighted by atomic mass is 9.81. The van der Waals surface area contributed by atoms with Gasteiger partial charge in [-0.25, -0.2) is 0 Å². The van der Waals surface area contributed by atoms with Crippen LogP contribution in [0.15, 0.2) is 48.5 Å². The maximum absolute atomic E-state index is 13.4. The van der Waals surface area contributed by atoms with E-state index >= 15 is 0 Å². The van der Waals surface area contributed by atoms with Gasteiger partial charge in [0.25, 0.3) is 0 Å². The van der Waals surface area contributed by atoms with E-state index in [-0.39, 0.29) is 18.7 Å². The number of rotatable bonds is 7. The third-order valence-electron chi connectivity index (χ3n) is 6.47. The number of ketones is 4. The molecule has 1 fully saturated rings. The molecule has 37 heavy (non-hydrogen) atoms. The number of Topliss-reactive ketones (excluding diaryl/α,β-unsaturated/α-hetero) is 4. The van der Waals surface area contributed by atoms with Crippen molar-refractivity contribution in [3.8, 4) is 5.75 Å². The van der Waals surface area contributed by atoms with E-state index in [0.29, 0.717) is 10.6 Å². The lowest BCUT2D eigenvalue weighted by Gasteiger charge is -2.29.